The second-order valence-electron chi connectivity index (χ2n) is 4.78. The molecule has 1 atom stereocenters. The predicted molar refractivity (Wildman–Crippen MR) is 84.8 cm³/mol. The minimum absolute atomic E-state index is 0. The van der Waals surface area contributed by atoms with Crippen molar-refractivity contribution in [3.05, 3.63) is 29.8 Å². The molecule has 8 heteroatoms. The van der Waals surface area contributed by atoms with Crippen LogP contribution < -0.4 is 21.7 Å². The van der Waals surface area contributed by atoms with Crippen molar-refractivity contribution in [2.75, 3.05) is 25.0 Å². The Kier molecular flexibility index (Phi) is 6.81. The molecule has 0 aromatic heterocycles. The van der Waals surface area contributed by atoms with Crippen LogP contribution in [0, 0.1) is 5.92 Å². The highest BCUT2D eigenvalue weighted by atomic mass is 35.5. The summed E-state index contributed by atoms with van der Waals surface area (Å²) in [7, 11) is 0. The number of hydrogen-bond donors (Lipinski definition) is 4. The van der Waals surface area contributed by atoms with Crippen LogP contribution in [0.5, 0.6) is 0 Å². The predicted octanol–water partition coefficient (Wildman–Crippen LogP) is -0.129. The van der Waals surface area contributed by atoms with Gasteiger partial charge in [-0.2, -0.15) is 0 Å². The topological polar surface area (TPSA) is 113 Å². The fourth-order valence-electron chi connectivity index (χ4n) is 2.10. The quantitative estimate of drug-likeness (QED) is 0.603. The SMILES string of the molecule is Cl.NCCNC(=O)c1ccccc1NC(=O)C1CNC(=O)C1. The summed E-state index contributed by atoms with van der Waals surface area (Å²) in [6.07, 6.45) is 0.174. The highest BCUT2D eigenvalue weighted by Gasteiger charge is 2.28. The number of nitrogens with two attached hydrogens (primary N) is 1. The molecule has 1 saturated heterocycles. The van der Waals surface area contributed by atoms with Gasteiger partial charge in [-0.3, -0.25) is 14.4 Å². The van der Waals surface area contributed by atoms with Crippen molar-refractivity contribution < 1.29 is 14.4 Å². The Bertz CT molecular complexity index is 565. The first-order valence-electron chi connectivity index (χ1n) is 6.76. The highest BCUT2D eigenvalue weighted by molar-refractivity contribution is 6.05. The Morgan fingerprint density at radius 1 is 1.32 bits per heavy atom. The molecule has 0 radical (unpaired) electrons. The van der Waals surface area contributed by atoms with Crippen molar-refractivity contribution >= 4 is 35.8 Å². The average Bonchev–Trinajstić information content (AvgIpc) is 2.92. The van der Waals surface area contributed by atoms with E-state index >= 15 is 0 Å². The van der Waals surface area contributed by atoms with Gasteiger partial charge in [-0.05, 0) is 12.1 Å². The third-order valence-corrected chi connectivity index (χ3v) is 3.21. The van der Waals surface area contributed by atoms with Gasteiger partial charge in [-0.15, -0.1) is 12.4 Å². The molecule has 1 aromatic rings. The van der Waals surface area contributed by atoms with Crippen LogP contribution in [0.4, 0.5) is 5.69 Å². The number of carbonyl (C=O) groups is 3. The molecule has 0 saturated carbocycles. The molecule has 3 amide bonds. The molecule has 0 bridgehead atoms. The number of amides is 3. The third-order valence-electron chi connectivity index (χ3n) is 3.21. The number of hydrogen-bond acceptors (Lipinski definition) is 4. The zero-order valence-electron chi connectivity index (χ0n) is 11.9. The average molecular weight is 327 g/mol. The third kappa shape index (κ3) is 4.44. The van der Waals surface area contributed by atoms with Gasteiger partial charge in [-0.25, -0.2) is 0 Å². The summed E-state index contributed by atoms with van der Waals surface area (Å²) in [5, 5.41) is 7.97. The van der Waals surface area contributed by atoms with E-state index in [4.69, 9.17) is 5.73 Å². The van der Waals surface area contributed by atoms with Crippen LogP contribution in [-0.2, 0) is 9.59 Å². The summed E-state index contributed by atoms with van der Waals surface area (Å²) >= 11 is 0. The van der Waals surface area contributed by atoms with Crippen LogP contribution in [0.3, 0.4) is 0 Å². The maximum Gasteiger partial charge on any atom is 0.253 e. The zero-order chi connectivity index (χ0) is 15.2. The molecular weight excluding hydrogens is 308 g/mol. The summed E-state index contributed by atoms with van der Waals surface area (Å²) in [6, 6.07) is 6.72. The van der Waals surface area contributed by atoms with E-state index in [1.807, 2.05) is 0 Å². The van der Waals surface area contributed by atoms with Crippen molar-refractivity contribution in [1.29, 1.82) is 0 Å². The minimum atomic E-state index is -0.405. The Morgan fingerprint density at radius 2 is 2.05 bits per heavy atom. The molecule has 0 spiro atoms. The molecule has 0 aliphatic carbocycles. The van der Waals surface area contributed by atoms with Gasteiger partial charge < -0.3 is 21.7 Å². The zero-order valence-corrected chi connectivity index (χ0v) is 12.7. The lowest BCUT2D eigenvalue weighted by Gasteiger charge is -2.13. The molecule has 1 heterocycles. The number of benzene rings is 1. The maximum absolute atomic E-state index is 12.1. The molecule has 1 aromatic carbocycles. The Morgan fingerprint density at radius 3 is 2.68 bits per heavy atom. The van der Waals surface area contributed by atoms with Crippen LogP contribution in [0.15, 0.2) is 24.3 Å². The standard InChI is InChI=1S/C14H18N4O3.ClH/c15-5-6-16-14(21)10-3-1-2-4-11(10)18-13(20)9-7-12(19)17-8-9;/h1-4,9H,5-8,15H2,(H,16,21)(H,17,19)(H,18,20);1H. The number of anilines is 1. The lowest BCUT2D eigenvalue weighted by molar-refractivity contribution is -0.123. The molecule has 1 unspecified atom stereocenters. The van der Waals surface area contributed by atoms with E-state index in [9.17, 15) is 14.4 Å². The van der Waals surface area contributed by atoms with Gasteiger partial charge in [0, 0.05) is 26.1 Å². The van der Waals surface area contributed by atoms with Crippen LogP contribution in [-0.4, -0.2) is 37.4 Å². The van der Waals surface area contributed by atoms with Crippen molar-refractivity contribution in [3.63, 3.8) is 0 Å². The lowest BCUT2D eigenvalue weighted by Crippen LogP contribution is -2.31. The summed E-state index contributed by atoms with van der Waals surface area (Å²) in [5.41, 5.74) is 6.15. The summed E-state index contributed by atoms with van der Waals surface area (Å²) in [6.45, 7) is 1.03. The van der Waals surface area contributed by atoms with Crippen LogP contribution in [0.25, 0.3) is 0 Å². The normalized spacial score (nSPS) is 16.4. The van der Waals surface area contributed by atoms with Crippen LogP contribution >= 0.6 is 12.4 Å². The smallest absolute Gasteiger partial charge is 0.253 e. The van der Waals surface area contributed by atoms with Gasteiger partial charge >= 0.3 is 0 Å². The van der Waals surface area contributed by atoms with Crippen molar-refractivity contribution in [2.24, 2.45) is 11.7 Å². The van der Waals surface area contributed by atoms with E-state index in [0.29, 0.717) is 30.9 Å². The van der Waals surface area contributed by atoms with E-state index in [1.54, 1.807) is 24.3 Å². The number of nitrogens with one attached hydrogen (secondary N) is 3. The van der Waals surface area contributed by atoms with Gasteiger partial charge in [0.15, 0.2) is 0 Å². The van der Waals surface area contributed by atoms with Crippen molar-refractivity contribution in [3.8, 4) is 0 Å². The maximum atomic E-state index is 12.1. The van der Waals surface area contributed by atoms with E-state index in [2.05, 4.69) is 16.0 Å². The fraction of sp³-hybridized carbons (Fsp3) is 0.357. The lowest BCUT2D eigenvalue weighted by atomic mass is 10.1. The monoisotopic (exact) mass is 326 g/mol. The number of rotatable bonds is 5. The molecule has 1 fully saturated rings. The van der Waals surface area contributed by atoms with Gasteiger partial charge in [0.05, 0.1) is 17.2 Å². The molecule has 7 nitrogen and oxygen atoms in total. The summed E-state index contributed by atoms with van der Waals surface area (Å²) in [4.78, 5) is 35.2. The Hall–Kier alpha value is -2.12. The first-order valence-corrected chi connectivity index (χ1v) is 6.76. The Labute approximate surface area is 134 Å². The number of carbonyl (C=O) groups excluding carboxylic acids is 3. The number of halogens is 1. The molecular formula is C14H19ClN4O3. The van der Waals surface area contributed by atoms with Crippen LogP contribution in [0.2, 0.25) is 0 Å². The number of para-hydroxylation sites is 1. The molecule has 1 aliphatic heterocycles. The minimum Gasteiger partial charge on any atom is -0.355 e. The molecule has 22 heavy (non-hydrogen) atoms. The highest BCUT2D eigenvalue weighted by Crippen LogP contribution is 2.18. The summed E-state index contributed by atoms with van der Waals surface area (Å²) < 4.78 is 0. The molecule has 120 valence electrons. The molecule has 2 rings (SSSR count). The summed E-state index contributed by atoms with van der Waals surface area (Å²) in [5.74, 6) is -1.11. The van der Waals surface area contributed by atoms with E-state index in [-0.39, 0.29) is 36.5 Å². The fourth-order valence-corrected chi connectivity index (χ4v) is 2.10. The van der Waals surface area contributed by atoms with Crippen molar-refractivity contribution in [2.45, 2.75) is 6.42 Å². The van der Waals surface area contributed by atoms with Gasteiger partial charge in [0.2, 0.25) is 11.8 Å². The second kappa shape index (κ2) is 8.35. The Balaban J connectivity index is 0.00000242. The first-order chi connectivity index (χ1) is 10.1. The van der Waals surface area contributed by atoms with E-state index in [1.165, 1.54) is 0 Å². The second-order valence-corrected chi connectivity index (χ2v) is 4.78. The van der Waals surface area contributed by atoms with E-state index < -0.39 is 5.92 Å². The van der Waals surface area contributed by atoms with Crippen molar-refractivity contribution in [1.82, 2.24) is 10.6 Å². The first kappa shape index (κ1) is 17.9. The van der Waals surface area contributed by atoms with Crippen LogP contribution in [0.1, 0.15) is 16.8 Å². The van der Waals surface area contributed by atoms with E-state index in [0.717, 1.165) is 0 Å². The largest absolute Gasteiger partial charge is 0.355 e. The van der Waals surface area contributed by atoms with Gasteiger partial charge in [0.25, 0.3) is 5.91 Å². The molecule has 1 aliphatic rings. The molecule has 5 N–H and O–H groups in total. The van der Waals surface area contributed by atoms with Gasteiger partial charge in [0.1, 0.15) is 0 Å². The van der Waals surface area contributed by atoms with Gasteiger partial charge in [-0.1, -0.05) is 12.1 Å².